The molecule has 0 saturated carbocycles. The zero-order chi connectivity index (χ0) is 24.0. The van der Waals surface area contributed by atoms with Gasteiger partial charge in [0.15, 0.2) is 17.7 Å². The van der Waals surface area contributed by atoms with Gasteiger partial charge in [0.2, 0.25) is 0 Å². The summed E-state index contributed by atoms with van der Waals surface area (Å²) in [6.45, 7) is 2.86. The number of aromatic nitrogens is 4. The molecule has 15 nitrogen and oxygen atoms in total. The molecule has 178 valence electrons. The van der Waals surface area contributed by atoms with Crippen molar-refractivity contribution in [1.29, 1.82) is 0 Å². The van der Waals surface area contributed by atoms with Crippen LogP contribution in [0.5, 0.6) is 0 Å². The summed E-state index contributed by atoms with van der Waals surface area (Å²) in [7, 11) is -4.21. The Bertz CT molecular complexity index is 1250. The average molecular weight is 483 g/mol. The lowest BCUT2D eigenvalue weighted by Gasteiger charge is -2.24. The minimum absolute atomic E-state index is 0.106. The predicted octanol–water partition coefficient (Wildman–Crippen LogP) is -1.33. The molecule has 0 radical (unpaired) electrons. The van der Waals surface area contributed by atoms with Crippen LogP contribution in [-0.2, 0) is 28.7 Å². The molecular weight excluding hydrogens is 462 g/mol. The second-order valence-corrected chi connectivity index (χ2v) is 8.84. The number of carbonyl (C=O) groups is 1. The van der Waals surface area contributed by atoms with Crippen LogP contribution in [0.1, 0.15) is 25.8 Å². The highest BCUT2D eigenvalue weighted by molar-refractivity contribution is 7.84. The van der Waals surface area contributed by atoms with Crippen LogP contribution in [-0.4, -0.2) is 76.6 Å². The van der Waals surface area contributed by atoms with Gasteiger partial charge in [-0.25, -0.2) is 24.6 Å². The second-order valence-electron chi connectivity index (χ2n) is 7.62. The molecule has 2 aliphatic rings. The van der Waals surface area contributed by atoms with Gasteiger partial charge >= 0.3 is 16.4 Å². The van der Waals surface area contributed by atoms with E-state index in [1.165, 1.54) is 11.0 Å². The molecule has 16 heteroatoms. The van der Waals surface area contributed by atoms with E-state index in [2.05, 4.69) is 32.2 Å². The van der Waals surface area contributed by atoms with Gasteiger partial charge in [0.25, 0.3) is 0 Å². The standard InChI is InChI=1S/C17H21N7O8S/c1-17(2)31-11-9(6-29-33(19,27)28)30-15(12(11)32-17)24-14-10(13(18)21-7-22-14)8(23-24)4-3-5-20-16(25)26/h7,9,11-12,15,20H,5-6H2,1-2H3,(H,25,26)(H2,18,21,22)(H2,19,27,28)/t9-,11-,12-,15-/m1/s1. The number of anilines is 1. The monoisotopic (exact) mass is 483 g/mol. The predicted molar refractivity (Wildman–Crippen MR) is 109 cm³/mol. The number of rotatable bonds is 5. The zero-order valence-electron chi connectivity index (χ0n) is 17.5. The summed E-state index contributed by atoms with van der Waals surface area (Å²) in [4.78, 5) is 18.8. The second kappa shape index (κ2) is 8.37. The van der Waals surface area contributed by atoms with Gasteiger partial charge < -0.3 is 30.4 Å². The summed E-state index contributed by atoms with van der Waals surface area (Å²) in [6, 6.07) is 0. The van der Waals surface area contributed by atoms with Crippen molar-refractivity contribution in [3.8, 4) is 11.8 Å². The van der Waals surface area contributed by atoms with Crippen LogP contribution >= 0.6 is 0 Å². The van der Waals surface area contributed by atoms with E-state index in [9.17, 15) is 13.2 Å². The van der Waals surface area contributed by atoms with Gasteiger partial charge in [-0.05, 0) is 19.8 Å². The largest absolute Gasteiger partial charge is 0.465 e. The van der Waals surface area contributed by atoms with Gasteiger partial charge in [-0.3, -0.25) is 4.18 Å². The molecule has 2 fully saturated rings. The lowest BCUT2D eigenvalue weighted by Crippen LogP contribution is -2.34. The topological polar surface area (TPSA) is 216 Å². The molecule has 4 atom stereocenters. The van der Waals surface area contributed by atoms with E-state index >= 15 is 0 Å². The fraction of sp³-hybridized carbons (Fsp3) is 0.529. The normalized spacial score (nSPS) is 26.0. The Labute approximate surface area is 187 Å². The first-order valence-corrected chi connectivity index (χ1v) is 11.0. The maximum Gasteiger partial charge on any atom is 0.405 e. The Kier molecular flexibility index (Phi) is 5.86. The maximum absolute atomic E-state index is 11.3. The lowest BCUT2D eigenvalue weighted by atomic mass is 10.1. The number of fused-ring (bicyclic) bond motifs is 2. The van der Waals surface area contributed by atoms with Crippen LogP contribution in [0.2, 0.25) is 0 Å². The Hall–Kier alpha value is -3.07. The molecule has 0 aromatic carbocycles. The van der Waals surface area contributed by atoms with Crippen molar-refractivity contribution < 1.29 is 36.7 Å². The van der Waals surface area contributed by atoms with E-state index in [0.717, 1.165) is 0 Å². The highest BCUT2D eigenvalue weighted by Gasteiger charge is 2.56. The summed E-state index contributed by atoms with van der Waals surface area (Å²) in [5.41, 5.74) is 6.49. The van der Waals surface area contributed by atoms with Crippen molar-refractivity contribution in [2.24, 2.45) is 5.14 Å². The number of nitrogen functional groups attached to an aromatic ring is 1. The van der Waals surface area contributed by atoms with Crippen molar-refractivity contribution in [2.75, 3.05) is 18.9 Å². The first kappa shape index (κ1) is 23.1. The molecule has 2 aromatic heterocycles. The van der Waals surface area contributed by atoms with E-state index < -0.39 is 53.3 Å². The third-order valence-corrected chi connectivity index (χ3v) is 5.28. The van der Waals surface area contributed by atoms with Crippen LogP contribution in [0.4, 0.5) is 10.6 Å². The maximum atomic E-state index is 11.3. The summed E-state index contributed by atoms with van der Waals surface area (Å²) in [5, 5.41) is 20.5. The van der Waals surface area contributed by atoms with E-state index in [0.29, 0.717) is 5.39 Å². The molecule has 33 heavy (non-hydrogen) atoms. The fourth-order valence-electron chi connectivity index (χ4n) is 3.66. The number of hydrogen-bond donors (Lipinski definition) is 4. The van der Waals surface area contributed by atoms with Gasteiger partial charge in [0.1, 0.15) is 36.2 Å². The van der Waals surface area contributed by atoms with Gasteiger partial charge in [-0.1, -0.05) is 5.92 Å². The molecule has 0 unspecified atom stereocenters. The SMILES string of the molecule is CC1(C)O[C@@H]2[C@H](O1)[C@@H](COS(N)(=O)=O)O[C@H]2n1nc(C#CCNC(=O)O)c2c(N)ncnc21. The molecule has 4 heterocycles. The minimum atomic E-state index is -4.21. The molecule has 2 saturated heterocycles. The van der Waals surface area contributed by atoms with Crippen LogP contribution in [0.15, 0.2) is 6.33 Å². The number of ether oxygens (including phenoxy) is 3. The highest BCUT2D eigenvalue weighted by atomic mass is 32.2. The summed E-state index contributed by atoms with van der Waals surface area (Å²) >= 11 is 0. The summed E-state index contributed by atoms with van der Waals surface area (Å²) in [5.74, 6) is 4.50. The number of amides is 1. The van der Waals surface area contributed by atoms with E-state index in [4.69, 9.17) is 34.4 Å². The summed E-state index contributed by atoms with van der Waals surface area (Å²) in [6.07, 6.45) is -3.14. The van der Waals surface area contributed by atoms with Gasteiger partial charge in [0.05, 0.1) is 18.5 Å². The molecule has 2 aromatic rings. The van der Waals surface area contributed by atoms with Crippen molar-refractivity contribution in [3.05, 3.63) is 12.0 Å². The number of hydrogen-bond acceptors (Lipinski definition) is 11. The number of nitrogens with two attached hydrogens (primary N) is 2. The van der Waals surface area contributed by atoms with Gasteiger partial charge in [-0.2, -0.15) is 13.5 Å². The van der Waals surface area contributed by atoms with Crippen molar-refractivity contribution in [3.63, 3.8) is 0 Å². The van der Waals surface area contributed by atoms with Crippen molar-refractivity contribution >= 4 is 33.2 Å². The molecule has 0 bridgehead atoms. The van der Waals surface area contributed by atoms with Crippen LogP contribution in [0.3, 0.4) is 0 Å². The quantitative estimate of drug-likeness (QED) is 0.364. The third-order valence-electron chi connectivity index (χ3n) is 4.82. The van der Waals surface area contributed by atoms with E-state index in [1.54, 1.807) is 13.8 Å². The lowest BCUT2D eigenvalue weighted by molar-refractivity contribution is -0.200. The zero-order valence-corrected chi connectivity index (χ0v) is 18.3. The molecule has 2 aliphatic heterocycles. The average Bonchev–Trinajstić information content (AvgIpc) is 3.32. The smallest absolute Gasteiger partial charge is 0.405 e. The van der Waals surface area contributed by atoms with Crippen molar-refractivity contribution in [1.82, 2.24) is 25.1 Å². The number of nitrogens with one attached hydrogen (secondary N) is 1. The van der Waals surface area contributed by atoms with Crippen LogP contribution in [0, 0.1) is 11.8 Å². The molecule has 0 aliphatic carbocycles. The molecule has 0 spiro atoms. The first-order valence-electron chi connectivity index (χ1n) is 9.58. The number of nitrogens with zero attached hydrogens (tertiary/aromatic N) is 4. The summed E-state index contributed by atoms with van der Waals surface area (Å²) < 4.78 is 46.5. The minimum Gasteiger partial charge on any atom is -0.465 e. The molecule has 6 N–H and O–H groups in total. The van der Waals surface area contributed by atoms with Crippen LogP contribution in [0.25, 0.3) is 11.0 Å². The van der Waals surface area contributed by atoms with Crippen LogP contribution < -0.4 is 16.2 Å². The number of carboxylic acid groups (broad SMARTS) is 1. The first-order chi connectivity index (χ1) is 15.5. The Morgan fingerprint density at radius 1 is 1.36 bits per heavy atom. The van der Waals surface area contributed by atoms with Crippen molar-refractivity contribution in [2.45, 2.75) is 44.2 Å². The fourth-order valence-corrected chi connectivity index (χ4v) is 3.98. The molecule has 4 rings (SSSR count). The van der Waals surface area contributed by atoms with Gasteiger partial charge in [-0.15, -0.1) is 0 Å². The van der Waals surface area contributed by atoms with Gasteiger partial charge in [0, 0.05) is 0 Å². The third kappa shape index (κ3) is 4.83. The highest BCUT2D eigenvalue weighted by Crippen LogP contribution is 2.44. The Balaban J connectivity index is 1.71. The molecular formula is C17H21N7O8S. The Morgan fingerprint density at radius 3 is 2.79 bits per heavy atom. The van der Waals surface area contributed by atoms with E-state index in [1.807, 2.05) is 0 Å². The molecule has 1 amide bonds. The van der Waals surface area contributed by atoms with E-state index in [-0.39, 0.29) is 23.7 Å². The Morgan fingerprint density at radius 2 is 2.09 bits per heavy atom.